The van der Waals surface area contributed by atoms with E-state index in [1.54, 1.807) is 12.1 Å². The highest BCUT2D eigenvalue weighted by Gasteiger charge is 2.38. The summed E-state index contributed by atoms with van der Waals surface area (Å²) in [5.74, 6) is -1.79. The van der Waals surface area contributed by atoms with E-state index in [-0.39, 0.29) is 12.1 Å². The standard InChI is InChI=1S/C18H18Cl3N5O.C2HF3O2/c19-12-9-14(21)15(10-13(12)20)27-8-4-7-26-16(11-5-2-1-3-6-11)24-17(22)25-18(26)23;3-2(4,5)1(6)7/h1-3,5-6,9-10,16H,4,7-8H2,(H4,22,23,24,25);(H,6,7). The third-order valence-corrected chi connectivity index (χ3v) is 5.21. The Balaban J connectivity index is 0.000000509. The number of carboxylic acids is 1. The van der Waals surface area contributed by atoms with Gasteiger partial charge >= 0.3 is 12.1 Å². The van der Waals surface area contributed by atoms with Crippen LogP contribution in [0.4, 0.5) is 13.2 Å². The Morgan fingerprint density at radius 2 is 1.68 bits per heavy atom. The summed E-state index contributed by atoms with van der Waals surface area (Å²) in [7, 11) is 0. The first kappa shape index (κ1) is 27.4. The molecule has 5 N–H and O–H groups in total. The number of hydrogen-bond donors (Lipinski definition) is 3. The Bertz CT molecular complexity index is 1070. The molecule has 1 aliphatic heterocycles. The predicted octanol–water partition coefficient (Wildman–Crippen LogP) is 4.69. The predicted molar refractivity (Wildman–Crippen MR) is 124 cm³/mol. The van der Waals surface area contributed by atoms with Crippen LogP contribution in [0.5, 0.6) is 5.75 Å². The van der Waals surface area contributed by atoms with Crippen LogP contribution in [0.3, 0.4) is 0 Å². The lowest BCUT2D eigenvalue weighted by Gasteiger charge is -2.32. The Morgan fingerprint density at radius 3 is 2.26 bits per heavy atom. The molecule has 3 rings (SSSR count). The smallest absolute Gasteiger partial charge is 0.490 e. The summed E-state index contributed by atoms with van der Waals surface area (Å²) in [6.45, 7) is 0.979. The van der Waals surface area contributed by atoms with E-state index in [1.165, 1.54) is 0 Å². The molecule has 1 aliphatic rings. The molecule has 0 radical (unpaired) electrons. The number of carbonyl (C=O) groups is 1. The number of nitrogens with two attached hydrogens (primary N) is 2. The zero-order chi connectivity index (χ0) is 25.5. The van der Waals surface area contributed by atoms with Crippen LogP contribution in [0.2, 0.25) is 15.1 Å². The third-order valence-electron chi connectivity index (χ3n) is 4.19. The molecule has 0 fully saturated rings. The van der Waals surface area contributed by atoms with Crippen molar-refractivity contribution in [3.63, 3.8) is 0 Å². The van der Waals surface area contributed by atoms with Crippen molar-refractivity contribution >= 4 is 52.7 Å². The first-order chi connectivity index (χ1) is 15.9. The zero-order valence-electron chi connectivity index (χ0n) is 17.3. The van der Waals surface area contributed by atoms with E-state index in [1.807, 2.05) is 35.2 Å². The topological polar surface area (TPSA) is 127 Å². The Hall–Kier alpha value is -2.89. The van der Waals surface area contributed by atoms with E-state index in [2.05, 4.69) is 9.98 Å². The molecule has 0 spiro atoms. The fraction of sp³-hybridized carbons (Fsp3) is 0.250. The van der Waals surface area contributed by atoms with Crippen molar-refractivity contribution in [1.29, 1.82) is 0 Å². The molecule has 0 aromatic heterocycles. The van der Waals surface area contributed by atoms with Crippen molar-refractivity contribution in [2.75, 3.05) is 13.2 Å². The number of alkyl halides is 3. The number of guanidine groups is 2. The Labute approximate surface area is 207 Å². The average molecular weight is 541 g/mol. The second kappa shape index (κ2) is 12.0. The number of aliphatic imine (C=N–C) groups is 2. The van der Waals surface area contributed by atoms with Crippen LogP contribution < -0.4 is 16.2 Å². The highest BCUT2D eigenvalue weighted by molar-refractivity contribution is 6.43. The van der Waals surface area contributed by atoms with Crippen LogP contribution in [-0.4, -0.2) is 47.2 Å². The molecule has 0 saturated carbocycles. The van der Waals surface area contributed by atoms with Crippen LogP contribution in [0.15, 0.2) is 52.4 Å². The summed E-state index contributed by atoms with van der Waals surface area (Å²) < 4.78 is 37.5. The minimum Gasteiger partial charge on any atom is -0.492 e. The maximum atomic E-state index is 10.6. The number of benzene rings is 2. The fourth-order valence-electron chi connectivity index (χ4n) is 2.68. The summed E-state index contributed by atoms with van der Waals surface area (Å²) in [4.78, 5) is 19.3. The van der Waals surface area contributed by atoms with E-state index in [4.69, 9.17) is 60.9 Å². The normalized spacial score (nSPS) is 15.6. The van der Waals surface area contributed by atoms with Crippen molar-refractivity contribution in [2.24, 2.45) is 21.5 Å². The van der Waals surface area contributed by atoms with Gasteiger partial charge in [-0.15, -0.1) is 0 Å². The molecule has 2 aromatic rings. The summed E-state index contributed by atoms with van der Waals surface area (Å²) >= 11 is 18.0. The molecule has 14 heteroatoms. The summed E-state index contributed by atoms with van der Waals surface area (Å²) in [6.07, 6.45) is -4.75. The largest absolute Gasteiger partial charge is 0.492 e. The van der Waals surface area contributed by atoms with Gasteiger partial charge in [0.1, 0.15) is 5.75 Å². The molecule has 2 aromatic carbocycles. The second-order valence-corrected chi connectivity index (χ2v) is 7.86. The molecular weight excluding hydrogens is 522 g/mol. The summed E-state index contributed by atoms with van der Waals surface area (Å²) in [5.41, 5.74) is 12.8. The quantitative estimate of drug-likeness (QED) is 0.360. The second-order valence-electron chi connectivity index (χ2n) is 6.64. The van der Waals surface area contributed by atoms with Crippen LogP contribution in [0, 0.1) is 0 Å². The lowest BCUT2D eigenvalue weighted by molar-refractivity contribution is -0.192. The van der Waals surface area contributed by atoms with Crippen molar-refractivity contribution in [1.82, 2.24) is 4.90 Å². The minimum absolute atomic E-state index is 0.163. The van der Waals surface area contributed by atoms with E-state index < -0.39 is 12.1 Å². The monoisotopic (exact) mass is 539 g/mol. The molecule has 0 bridgehead atoms. The number of nitrogens with zero attached hydrogens (tertiary/aromatic N) is 3. The lowest BCUT2D eigenvalue weighted by atomic mass is 10.1. The van der Waals surface area contributed by atoms with Gasteiger partial charge in [0.25, 0.3) is 0 Å². The highest BCUT2D eigenvalue weighted by atomic mass is 35.5. The number of rotatable bonds is 6. The SMILES string of the molecule is NC1=NC(c2ccccc2)N(CCCOc2cc(Cl)c(Cl)cc2Cl)C(N)=N1.O=C(O)C(F)(F)F. The van der Waals surface area contributed by atoms with E-state index in [0.717, 1.165) is 5.56 Å². The Kier molecular flexibility index (Phi) is 9.66. The average Bonchev–Trinajstić information content (AvgIpc) is 2.75. The lowest BCUT2D eigenvalue weighted by Crippen LogP contribution is -2.44. The number of ether oxygens (including phenoxy) is 1. The van der Waals surface area contributed by atoms with Gasteiger partial charge < -0.3 is 26.2 Å². The van der Waals surface area contributed by atoms with Gasteiger partial charge in [-0.1, -0.05) is 65.1 Å². The highest BCUT2D eigenvalue weighted by Crippen LogP contribution is 2.34. The number of halogens is 6. The first-order valence-corrected chi connectivity index (χ1v) is 10.6. The Morgan fingerprint density at radius 1 is 1.09 bits per heavy atom. The van der Waals surface area contributed by atoms with Gasteiger partial charge in [0.2, 0.25) is 11.9 Å². The van der Waals surface area contributed by atoms with E-state index in [0.29, 0.717) is 46.3 Å². The van der Waals surface area contributed by atoms with Gasteiger partial charge in [-0.3, -0.25) is 0 Å². The molecule has 1 heterocycles. The van der Waals surface area contributed by atoms with Gasteiger partial charge in [-0.2, -0.15) is 18.2 Å². The molecule has 0 amide bonds. The number of hydrogen-bond acceptors (Lipinski definition) is 7. The van der Waals surface area contributed by atoms with Crippen LogP contribution in [0.1, 0.15) is 18.2 Å². The molecule has 1 unspecified atom stereocenters. The van der Waals surface area contributed by atoms with Crippen LogP contribution in [0.25, 0.3) is 0 Å². The maximum Gasteiger partial charge on any atom is 0.490 e. The van der Waals surface area contributed by atoms with Gasteiger partial charge in [0.15, 0.2) is 6.17 Å². The van der Waals surface area contributed by atoms with Crippen molar-refractivity contribution in [2.45, 2.75) is 18.8 Å². The molecule has 0 aliphatic carbocycles. The molecular formula is C20H19Cl3F3N5O3. The zero-order valence-corrected chi connectivity index (χ0v) is 19.5. The molecule has 184 valence electrons. The number of carboxylic acid groups (broad SMARTS) is 1. The van der Waals surface area contributed by atoms with Crippen LogP contribution in [-0.2, 0) is 4.79 Å². The maximum absolute atomic E-state index is 10.6. The van der Waals surface area contributed by atoms with Crippen molar-refractivity contribution in [3.8, 4) is 5.75 Å². The third kappa shape index (κ3) is 7.86. The van der Waals surface area contributed by atoms with Crippen molar-refractivity contribution < 1.29 is 27.8 Å². The van der Waals surface area contributed by atoms with E-state index in [9.17, 15) is 13.2 Å². The minimum atomic E-state index is -5.08. The fourth-order valence-corrected chi connectivity index (χ4v) is 3.27. The molecule has 1 atom stereocenters. The van der Waals surface area contributed by atoms with Gasteiger partial charge in [0.05, 0.1) is 21.7 Å². The molecule has 0 saturated heterocycles. The molecule has 34 heavy (non-hydrogen) atoms. The summed E-state index contributed by atoms with van der Waals surface area (Å²) in [6, 6.07) is 12.9. The van der Waals surface area contributed by atoms with Gasteiger partial charge in [-0.25, -0.2) is 9.79 Å². The van der Waals surface area contributed by atoms with Gasteiger partial charge in [0, 0.05) is 12.6 Å². The molecule has 8 nitrogen and oxygen atoms in total. The first-order valence-electron chi connectivity index (χ1n) is 9.46. The number of aliphatic carboxylic acids is 1. The van der Waals surface area contributed by atoms with Gasteiger partial charge in [-0.05, 0) is 18.1 Å². The van der Waals surface area contributed by atoms with E-state index >= 15 is 0 Å². The van der Waals surface area contributed by atoms with Crippen molar-refractivity contribution in [3.05, 3.63) is 63.1 Å². The summed E-state index contributed by atoms with van der Waals surface area (Å²) in [5, 5.41) is 8.30. The van der Waals surface area contributed by atoms with Crippen LogP contribution >= 0.6 is 34.8 Å².